The summed E-state index contributed by atoms with van der Waals surface area (Å²) >= 11 is 0. The maximum Gasteiger partial charge on any atom is 0.281 e. The molecular formula is C25H32F3N5O2. The number of allylic oxidation sites excluding steroid dienone is 1. The van der Waals surface area contributed by atoms with E-state index in [-0.39, 0.29) is 17.6 Å². The molecule has 10 heteroatoms. The first kappa shape index (κ1) is 29.5. The first-order valence-electron chi connectivity index (χ1n) is 10.8. The van der Waals surface area contributed by atoms with Crippen molar-refractivity contribution >= 4 is 24.6 Å². The topological polar surface area (TPSA) is 95.5 Å². The van der Waals surface area contributed by atoms with E-state index in [0.29, 0.717) is 29.1 Å². The van der Waals surface area contributed by atoms with Crippen LogP contribution in [0.15, 0.2) is 47.2 Å². The average Bonchev–Trinajstić information content (AvgIpc) is 2.81. The number of aromatic nitrogens is 1. The molecular weight excluding hydrogens is 459 g/mol. The van der Waals surface area contributed by atoms with Gasteiger partial charge in [0.05, 0.1) is 23.6 Å². The quantitative estimate of drug-likeness (QED) is 0.273. The maximum atomic E-state index is 13.5. The highest BCUT2D eigenvalue weighted by atomic mass is 19.3. The fourth-order valence-corrected chi connectivity index (χ4v) is 2.65. The van der Waals surface area contributed by atoms with Crippen LogP contribution >= 0.6 is 0 Å². The van der Waals surface area contributed by atoms with Gasteiger partial charge in [0.15, 0.2) is 0 Å². The summed E-state index contributed by atoms with van der Waals surface area (Å²) in [6, 6.07) is 7.19. The van der Waals surface area contributed by atoms with Crippen molar-refractivity contribution in [3.8, 4) is 0 Å². The minimum atomic E-state index is -2.89. The highest BCUT2D eigenvalue weighted by Crippen LogP contribution is 2.22. The largest absolute Gasteiger partial charge is 0.366 e. The second-order valence-corrected chi connectivity index (χ2v) is 8.58. The third kappa shape index (κ3) is 10.1. The number of nitrogens with one attached hydrogen (secondary N) is 3. The molecule has 0 saturated heterocycles. The minimum absolute atomic E-state index is 0.101. The van der Waals surface area contributed by atoms with Crippen LogP contribution in [0.1, 0.15) is 61.3 Å². The molecule has 0 fully saturated rings. The smallest absolute Gasteiger partial charge is 0.281 e. The van der Waals surface area contributed by atoms with Crippen LogP contribution in [-0.4, -0.2) is 37.6 Å². The van der Waals surface area contributed by atoms with Gasteiger partial charge in [0, 0.05) is 23.7 Å². The molecule has 1 heterocycles. The van der Waals surface area contributed by atoms with Gasteiger partial charge in [-0.05, 0) is 44.5 Å². The van der Waals surface area contributed by atoms with E-state index in [2.05, 4.69) is 32.6 Å². The molecule has 0 radical (unpaired) electrons. The lowest BCUT2D eigenvalue weighted by Gasteiger charge is -2.15. The van der Waals surface area contributed by atoms with Crippen LogP contribution in [0.5, 0.6) is 0 Å². The zero-order valence-electron chi connectivity index (χ0n) is 20.6. The normalized spacial score (nSPS) is 11.7. The molecule has 35 heavy (non-hydrogen) atoms. The number of carbonyl (C=O) groups is 2. The SMILES string of the molecule is C=N/C(C)=C(\NCNC(=O)c1cc(CNC)cnc1C(F)F)c1cccc(F)c1.CC(C)(C)C=O. The van der Waals surface area contributed by atoms with Crippen molar-refractivity contribution in [2.75, 3.05) is 13.7 Å². The number of hydrogen-bond donors (Lipinski definition) is 3. The second-order valence-electron chi connectivity index (χ2n) is 8.58. The van der Waals surface area contributed by atoms with Gasteiger partial charge in [-0.2, -0.15) is 0 Å². The van der Waals surface area contributed by atoms with Gasteiger partial charge < -0.3 is 20.7 Å². The molecule has 190 valence electrons. The monoisotopic (exact) mass is 491 g/mol. The summed E-state index contributed by atoms with van der Waals surface area (Å²) in [7, 11) is 1.70. The molecule has 0 saturated carbocycles. The number of aldehydes is 1. The lowest BCUT2D eigenvalue weighted by Crippen LogP contribution is -2.34. The molecule has 1 amide bonds. The number of rotatable bonds is 9. The Bertz CT molecular complexity index is 1050. The number of pyridine rings is 1. The van der Waals surface area contributed by atoms with Crippen molar-refractivity contribution in [3.63, 3.8) is 0 Å². The zero-order chi connectivity index (χ0) is 26.6. The van der Waals surface area contributed by atoms with E-state index in [0.717, 1.165) is 6.29 Å². The number of benzene rings is 1. The third-order valence-corrected chi connectivity index (χ3v) is 4.39. The highest BCUT2D eigenvalue weighted by molar-refractivity contribution is 5.95. The molecule has 3 N–H and O–H groups in total. The molecule has 0 spiro atoms. The Morgan fingerprint density at radius 1 is 1.23 bits per heavy atom. The number of halogens is 3. The number of amides is 1. The van der Waals surface area contributed by atoms with Gasteiger partial charge >= 0.3 is 0 Å². The first-order valence-corrected chi connectivity index (χ1v) is 10.8. The molecule has 0 aliphatic carbocycles. The van der Waals surface area contributed by atoms with Crippen molar-refractivity contribution in [2.45, 2.75) is 40.7 Å². The van der Waals surface area contributed by atoms with Crippen LogP contribution in [0.4, 0.5) is 13.2 Å². The van der Waals surface area contributed by atoms with Gasteiger partial charge in [-0.3, -0.25) is 14.8 Å². The number of aliphatic imine (C=N–C) groups is 1. The van der Waals surface area contributed by atoms with Crippen LogP contribution in [-0.2, 0) is 11.3 Å². The molecule has 0 bridgehead atoms. The van der Waals surface area contributed by atoms with E-state index in [9.17, 15) is 22.8 Å². The van der Waals surface area contributed by atoms with E-state index in [1.54, 1.807) is 20.0 Å². The maximum absolute atomic E-state index is 13.5. The summed E-state index contributed by atoms with van der Waals surface area (Å²) in [5, 5.41) is 8.33. The predicted molar refractivity (Wildman–Crippen MR) is 131 cm³/mol. The lowest BCUT2D eigenvalue weighted by molar-refractivity contribution is -0.113. The molecule has 0 aliphatic rings. The number of nitrogens with zero attached hydrogens (tertiary/aromatic N) is 2. The van der Waals surface area contributed by atoms with E-state index in [1.165, 1.54) is 30.5 Å². The Hall–Kier alpha value is -3.53. The molecule has 0 unspecified atom stereocenters. The van der Waals surface area contributed by atoms with Gasteiger partial charge in [0.2, 0.25) is 0 Å². The average molecular weight is 492 g/mol. The van der Waals surface area contributed by atoms with Gasteiger partial charge in [-0.25, -0.2) is 13.2 Å². The van der Waals surface area contributed by atoms with Crippen LogP contribution in [0, 0.1) is 11.2 Å². The molecule has 1 aromatic heterocycles. The highest BCUT2D eigenvalue weighted by Gasteiger charge is 2.20. The summed E-state index contributed by atoms with van der Waals surface area (Å²) in [4.78, 5) is 29.9. The van der Waals surface area contributed by atoms with Crippen LogP contribution in [0.25, 0.3) is 5.70 Å². The predicted octanol–water partition coefficient (Wildman–Crippen LogP) is 4.48. The fraction of sp³-hybridized carbons (Fsp3) is 0.360. The molecule has 0 aliphatic heterocycles. The lowest BCUT2D eigenvalue weighted by atomic mass is 10.0. The van der Waals surface area contributed by atoms with E-state index in [4.69, 9.17) is 0 Å². The van der Waals surface area contributed by atoms with Gasteiger partial charge in [-0.15, -0.1) is 0 Å². The zero-order valence-corrected chi connectivity index (χ0v) is 20.6. The number of hydrogen-bond acceptors (Lipinski definition) is 6. The fourth-order valence-electron chi connectivity index (χ4n) is 2.65. The molecule has 0 atom stereocenters. The van der Waals surface area contributed by atoms with Crippen molar-refractivity contribution in [1.82, 2.24) is 20.9 Å². The Morgan fingerprint density at radius 3 is 2.40 bits per heavy atom. The Kier molecular flexibility index (Phi) is 11.8. The minimum Gasteiger partial charge on any atom is -0.366 e. The Morgan fingerprint density at radius 2 is 1.89 bits per heavy atom. The Balaban J connectivity index is 0.000000905. The van der Waals surface area contributed by atoms with Crippen LogP contribution in [0.2, 0.25) is 0 Å². The number of alkyl halides is 2. The summed E-state index contributed by atoms with van der Waals surface area (Å²) < 4.78 is 40.0. The molecule has 2 rings (SSSR count). The van der Waals surface area contributed by atoms with Crippen molar-refractivity contribution in [3.05, 3.63) is 70.4 Å². The first-order chi connectivity index (χ1) is 16.4. The van der Waals surface area contributed by atoms with E-state index < -0.39 is 23.8 Å². The Labute approximate surface area is 203 Å². The van der Waals surface area contributed by atoms with E-state index >= 15 is 0 Å². The summed E-state index contributed by atoms with van der Waals surface area (Å²) in [5.74, 6) is -1.14. The number of carbonyl (C=O) groups excluding carboxylic acids is 2. The van der Waals surface area contributed by atoms with Crippen molar-refractivity contribution < 1.29 is 22.8 Å². The summed E-state index contributed by atoms with van der Waals surface area (Å²) in [6.45, 7) is 11.0. The second kappa shape index (κ2) is 14.0. The van der Waals surface area contributed by atoms with Gasteiger partial charge in [0.1, 0.15) is 17.8 Å². The third-order valence-electron chi connectivity index (χ3n) is 4.39. The van der Waals surface area contributed by atoms with Crippen LogP contribution < -0.4 is 16.0 Å². The van der Waals surface area contributed by atoms with E-state index in [1.807, 2.05) is 20.8 Å². The van der Waals surface area contributed by atoms with Crippen LogP contribution in [0.3, 0.4) is 0 Å². The van der Waals surface area contributed by atoms with Crippen molar-refractivity contribution in [1.29, 1.82) is 0 Å². The van der Waals surface area contributed by atoms with Gasteiger partial charge in [0.25, 0.3) is 12.3 Å². The summed E-state index contributed by atoms with van der Waals surface area (Å²) in [5.41, 5.74) is 1.11. The molecule has 2 aromatic rings. The van der Waals surface area contributed by atoms with Crippen molar-refractivity contribution in [2.24, 2.45) is 10.4 Å². The van der Waals surface area contributed by atoms with Gasteiger partial charge in [-0.1, -0.05) is 32.9 Å². The summed E-state index contributed by atoms with van der Waals surface area (Å²) in [6.07, 6.45) is -0.647. The standard InChI is InChI=1S/C20H22F3N5O.C5H10O/c1-12(25-3)17(14-5-4-6-15(21)8-14)27-11-28-20(29)16-7-13(9-24-2)10-26-18(16)19(22)23;1-5(2,3)4-6/h4-8,10,19,24,27H,3,9,11H2,1-2H3,(H,28,29);4H,1-3H3/b17-12-;. The molecule has 7 nitrogen and oxygen atoms in total. The molecule has 1 aromatic carbocycles.